The lowest BCUT2D eigenvalue weighted by atomic mass is 9.77. The van der Waals surface area contributed by atoms with Gasteiger partial charge >= 0.3 is 0 Å². The Labute approximate surface area is 213 Å². The molecule has 0 saturated heterocycles. The topological polar surface area (TPSA) is 76.7 Å². The molecule has 3 atom stereocenters. The third-order valence-corrected chi connectivity index (χ3v) is 9.16. The highest BCUT2D eigenvalue weighted by molar-refractivity contribution is 9.10. The number of hydrogen-bond donors (Lipinski definition) is 2. The number of fused-ring (bicyclic) bond motifs is 4. The van der Waals surface area contributed by atoms with Gasteiger partial charge in [0, 0.05) is 16.1 Å². The van der Waals surface area contributed by atoms with E-state index in [1.54, 1.807) is 12.1 Å². The molecule has 2 N–H and O–H groups in total. The zero-order chi connectivity index (χ0) is 24.2. The largest absolute Gasteiger partial charge is 0.454 e. The van der Waals surface area contributed by atoms with Gasteiger partial charge in [-0.15, -0.1) is 0 Å². The Balaban J connectivity index is 1.35. The molecular formula is C27H25BrN2O4S. The lowest BCUT2D eigenvalue weighted by Gasteiger charge is -2.38. The molecule has 35 heavy (non-hydrogen) atoms. The number of ether oxygens (including phenoxy) is 2. The summed E-state index contributed by atoms with van der Waals surface area (Å²) in [5.74, 6) is 1.86. The lowest BCUT2D eigenvalue weighted by molar-refractivity contribution is 0.174. The predicted molar refractivity (Wildman–Crippen MR) is 140 cm³/mol. The number of rotatable bonds is 5. The number of para-hydroxylation sites is 1. The van der Waals surface area contributed by atoms with Gasteiger partial charge in [0.15, 0.2) is 11.5 Å². The molecule has 2 aliphatic heterocycles. The van der Waals surface area contributed by atoms with Crippen molar-refractivity contribution in [1.82, 2.24) is 0 Å². The van der Waals surface area contributed by atoms with E-state index >= 15 is 0 Å². The van der Waals surface area contributed by atoms with Crippen molar-refractivity contribution in [1.29, 1.82) is 0 Å². The molecule has 0 bridgehead atoms. The summed E-state index contributed by atoms with van der Waals surface area (Å²) in [5.41, 5.74) is 4.64. The van der Waals surface area contributed by atoms with Crippen LogP contribution in [0.15, 0.2) is 76.1 Å². The van der Waals surface area contributed by atoms with Gasteiger partial charge in [-0.1, -0.05) is 53.2 Å². The Hall–Kier alpha value is -2.97. The zero-order valence-electron chi connectivity index (χ0n) is 19.1. The fourth-order valence-electron chi connectivity index (χ4n) is 5.35. The smallest absolute Gasteiger partial charge is 0.261 e. The second kappa shape index (κ2) is 8.60. The van der Waals surface area contributed by atoms with Crippen molar-refractivity contribution in [2.45, 2.75) is 36.6 Å². The van der Waals surface area contributed by atoms with Crippen LogP contribution in [0.25, 0.3) is 0 Å². The van der Waals surface area contributed by atoms with Crippen LogP contribution in [0.5, 0.6) is 11.5 Å². The first-order valence-corrected chi connectivity index (χ1v) is 14.0. The number of nitrogens with one attached hydrogen (secondary N) is 2. The molecule has 3 aromatic rings. The Morgan fingerprint density at radius 3 is 2.69 bits per heavy atom. The van der Waals surface area contributed by atoms with E-state index in [0.29, 0.717) is 5.69 Å². The summed E-state index contributed by atoms with van der Waals surface area (Å²) in [5, 5.41) is 3.68. The Morgan fingerprint density at radius 2 is 1.86 bits per heavy atom. The molecule has 180 valence electrons. The standard InChI is InChI=1S/C27H25BrN2O4S/c1-2-16-6-3-4-9-23(16)30-35(31,32)17-10-11-24-20(12-17)18-7-5-8-19(18)27(29-24)21-13-25-26(14-22(21)28)34-15-33-25/h3-7,9-14,18-19,27,29-30H,2,8,15H2,1H3/t18-,19+,27-/m0/s1. The van der Waals surface area contributed by atoms with Crippen molar-refractivity contribution in [3.8, 4) is 11.5 Å². The Bertz CT molecular complexity index is 1450. The third-order valence-electron chi connectivity index (χ3n) is 7.11. The summed E-state index contributed by atoms with van der Waals surface area (Å²) < 4.78 is 41.5. The molecule has 0 aromatic heterocycles. The molecule has 0 fully saturated rings. The predicted octanol–water partition coefficient (Wildman–Crippen LogP) is 6.37. The minimum absolute atomic E-state index is 0.0448. The van der Waals surface area contributed by atoms with Crippen molar-refractivity contribution in [3.63, 3.8) is 0 Å². The second-order valence-corrected chi connectivity index (χ2v) is 11.6. The molecule has 0 spiro atoms. The minimum Gasteiger partial charge on any atom is -0.454 e. The van der Waals surface area contributed by atoms with Gasteiger partial charge in [0.1, 0.15) is 0 Å². The van der Waals surface area contributed by atoms with Crippen LogP contribution in [0.4, 0.5) is 11.4 Å². The lowest BCUT2D eigenvalue weighted by Crippen LogP contribution is -2.29. The summed E-state index contributed by atoms with van der Waals surface area (Å²) >= 11 is 3.72. The molecule has 2 heterocycles. The van der Waals surface area contributed by atoms with Crippen LogP contribution >= 0.6 is 15.9 Å². The maximum Gasteiger partial charge on any atom is 0.261 e. The van der Waals surface area contributed by atoms with Crippen molar-refractivity contribution in [2.24, 2.45) is 5.92 Å². The maximum absolute atomic E-state index is 13.3. The van der Waals surface area contributed by atoms with E-state index < -0.39 is 10.0 Å². The molecule has 3 aromatic carbocycles. The first kappa shape index (κ1) is 22.5. The van der Waals surface area contributed by atoms with Gasteiger partial charge in [0.05, 0.1) is 16.6 Å². The van der Waals surface area contributed by atoms with Crippen LogP contribution < -0.4 is 19.5 Å². The summed E-state index contributed by atoms with van der Waals surface area (Å²) in [6, 6.07) is 16.9. The number of halogens is 1. The Kier molecular flexibility index (Phi) is 5.53. The highest BCUT2D eigenvalue weighted by Gasteiger charge is 2.39. The molecule has 0 unspecified atom stereocenters. The van der Waals surface area contributed by atoms with Crippen LogP contribution in [0.2, 0.25) is 0 Å². The number of sulfonamides is 1. The van der Waals surface area contributed by atoms with Gasteiger partial charge < -0.3 is 14.8 Å². The van der Waals surface area contributed by atoms with Crippen molar-refractivity contribution < 1.29 is 17.9 Å². The van der Waals surface area contributed by atoms with Crippen LogP contribution in [0.1, 0.15) is 42.0 Å². The van der Waals surface area contributed by atoms with E-state index in [1.165, 1.54) is 0 Å². The van der Waals surface area contributed by atoms with E-state index in [0.717, 1.165) is 51.2 Å². The number of anilines is 2. The zero-order valence-corrected chi connectivity index (χ0v) is 21.5. The molecule has 3 aliphatic rings. The molecule has 6 rings (SSSR count). The molecular weight excluding hydrogens is 528 g/mol. The van der Waals surface area contributed by atoms with Gasteiger partial charge in [-0.25, -0.2) is 8.42 Å². The number of benzene rings is 3. The molecule has 0 amide bonds. The van der Waals surface area contributed by atoms with Crippen LogP contribution in [-0.4, -0.2) is 15.2 Å². The molecule has 0 saturated carbocycles. The summed E-state index contributed by atoms with van der Waals surface area (Å²) in [6.07, 6.45) is 6.05. The van der Waals surface area contributed by atoms with Crippen LogP contribution in [0, 0.1) is 5.92 Å². The molecule has 1 aliphatic carbocycles. The van der Waals surface area contributed by atoms with E-state index in [4.69, 9.17) is 9.47 Å². The van der Waals surface area contributed by atoms with Gasteiger partial charge in [-0.05, 0) is 71.8 Å². The summed E-state index contributed by atoms with van der Waals surface area (Å²) in [7, 11) is -3.73. The van der Waals surface area contributed by atoms with E-state index in [1.807, 2.05) is 49.4 Å². The SMILES string of the molecule is CCc1ccccc1NS(=O)(=O)c1ccc2c(c1)[C@H]1C=CC[C@H]1[C@@H](c1cc3c(cc1Br)OCO3)N2. The fourth-order valence-corrected chi connectivity index (χ4v) is 7.06. The Morgan fingerprint density at radius 1 is 1.06 bits per heavy atom. The van der Waals surface area contributed by atoms with Gasteiger partial charge in [-0.2, -0.15) is 0 Å². The van der Waals surface area contributed by atoms with Crippen LogP contribution in [-0.2, 0) is 16.4 Å². The summed E-state index contributed by atoms with van der Waals surface area (Å²) in [4.78, 5) is 0.269. The second-order valence-electron chi connectivity index (χ2n) is 9.07. The highest BCUT2D eigenvalue weighted by Crippen LogP contribution is 2.52. The van der Waals surface area contributed by atoms with E-state index in [9.17, 15) is 8.42 Å². The van der Waals surface area contributed by atoms with Gasteiger partial charge in [-0.3, -0.25) is 4.72 Å². The third kappa shape index (κ3) is 3.89. The number of hydrogen-bond acceptors (Lipinski definition) is 5. The number of allylic oxidation sites excluding steroid dienone is 2. The highest BCUT2D eigenvalue weighted by atomic mass is 79.9. The first-order valence-electron chi connectivity index (χ1n) is 11.7. The molecule has 6 nitrogen and oxygen atoms in total. The van der Waals surface area contributed by atoms with Crippen LogP contribution in [0.3, 0.4) is 0 Å². The van der Waals surface area contributed by atoms with E-state index in [2.05, 4.69) is 38.1 Å². The minimum atomic E-state index is -3.73. The first-order chi connectivity index (χ1) is 16.9. The average Bonchev–Trinajstić information content (AvgIpc) is 3.52. The van der Waals surface area contributed by atoms with Gasteiger partial charge in [0.2, 0.25) is 6.79 Å². The molecule has 0 radical (unpaired) electrons. The maximum atomic E-state index is 13.3. The van der Waals surface area contributed by atoms with Crippen molar-refractivity contribution in [3.05, 3.63) is 87.9 Å². The molecule has 8 heteroatoms. The quantitative estimate of drug-likeness (QED) is 0.360. The van der Waals surface area contributed by atoms with E-state index in [-0.39, 0.29) is 29.6 Å². The van der Waals surface area contributed by atoms with Crippen molar-refractivity contribution >= 4 is 37.3 Å². The van der Waals surface area contributed by atoms with Gasteiger partial charge in [0.25, 0.3) is 10.0 Å². The normalized spacial score (nSPS) is 21.8. The average molecular weight is 553 g/mol. The number of aryl methyl sites for hydroxylation is 1. The summed E-state index contributed by atoms with van der Waals surface area (Å²) in [6.45, 7) is 2.24. The fraction of sp³-hybridized carbons (Fsp3) is 0.259. The monoisotopic (exact) mass is 552 g/mol. The van der Waals surface area contributed by atoms with Crippen molar-refractivity contribution in [2.75, 3.05) is 16.8 Å².